The molecule has 0 amide bonds. The fourth-order valence-corrected chi connectivity index (χ4v) is 6.04. The minimum absolute atomic E-state index is 0.0770. The summed E-state index contributed by atoms with van der Waals surface area (Å²) in [4.78, 5) is 0.436. The summed E-state index contributed by atoms with van der Waals surface area (Å²) in [6.45, 7) is 6.43. The molecule has 1 heterocycles. The summed E-state index contributed by atoms with van der Waals surface area (Å²) in [5.41, 5.74) is 1.17. The average molecular weight is 437 g/mol. The number of hydrogen-bond donors (Lipinski definition) is 1. The number of nitrogens with zero attached hydrogens (tertiary/aromatic N) is 1. The quantitative estimate of drug-likeness (QED) is 0.348. The third kappa shape index (κ3) is 8.32. The minimum Gasteiger partial charge on any atom is -0.314 e. The highest BCUT2D eigenvalue weighted by atomic mass is 32.2. The van der Waals surface area contributed by atoms with Gasteiger partial charge in [0.05, 0.1) is 4.90 Å². The summed E-state index contributed by atoms with van der Waals surface area (Å²) in [5.74, 6) is 0. The van der Waals surface area contributed by atoms with Crippen LogP contribution in [0.2, 0.25) is 0 Å². The molecule has 2 rings (SSSR count). The summed E-state index contributed by atoms with van der Waals surface area (Å²) in [6, 6.07) is 7.50. The van der Waals surface area contributed by atoms with Crippen LogP contribution >= 0.6 is 0 Å². The number of nitrogens with one attached hydrogen (secondary N) is 1. The highest BCUT2D eigenvalue weighted by Gasteiger charge is 2.32. The Morgan fingerprint density at radius 2 is 1.43 bits per heavy atom. The second kappa shape index (κ2) is 14.2. The van der Waals surface area contributed by atoms with Gasteiger partial charge in [0.25, 0.3) is 0 Å². The van der Waals surface area contributed by atoms with Crippen molar-refractivity contribution in [2.75, 3.05) is 19.6 Å². The normalized spacial score (nSPS) is 18.0. The molecule has 5 heteroatoms. The molecule has 0 spiro atoms. The SMILES string of the molecule is CCCCCCCCCCCCCC1CNCCN1S(=O)(=O)c1ccc(CC)cc1. The fourth-order valence-electron chi connectivity index (χ4n) is 4.38. The van der Waals surface area contributed by atoms with E-state index in [1.807, 2.05) is 12.1 Å². The van der Waals surface area contributed by atoms with Crippen LogP contribution in [0.3, 0.4) is 0 Å². The number of unbranched alkanes of at least 4 members (excludes halogenated alkanes) is 10. The van der Waals surface area contributed by atoms with Gasteiger partial charge in [-0.2, -0.15) is 4.31 Å². The Hall–Kier alpha value is -0.910. The molecule has 0 aliphatic carbocycles. The van der Waals surface area contributed by atoms with Gasteiger partial charge in [-0.15, -0.1) is 0 Å². The lowest BCUT2D eigenvalue weighted by molar-refractivity contribution is 0.250. The van der Waals surface area contributed by atoms with Gasteiger partial charge in [0.2, 0.25) is 10.0 Å². The monoisotopic (exact) mass is 436 g/mol. The van der Waals surface area contributed by atoms with Crippen molar-refractivity contribution in [2.24, 2.45) is 0 Å². The highest BCUT2D eigenvalue weighted by Crippen LogP contribution is 2.23. The van der Waals surface area contributed by atoms with Gasteiger partial charge in [-0.25, -0.2) is 8.42 Å². The maximum atomic E-state index is 13.2. The first kappa shape index (κ1) is 25.4. The van der Waals surface area contributed by atoms with Crippen molar-refractivity contribution in [1.29, 1.82) is 0 Å². The second-order valence-electron chi connectivity index (χ2n) is 8.80. The van der Waals surface area contributed by atoms with Crippen molar-refractivity contribution < 1.29 is 8.42 Å². The van der Waals surface area contributed by atoms with Gasteiger partial charge in [0, 0.05) is 25.7 Å². The molecule has 1 aliphatic heterocycles. The van der Waals surface area contributed by atoms with Crippen LogP contribution < -0.4 is 5.32 Å². The van der Waals surface area contributed by atoms with E-state index in [2.05, 4.69) is 19.2 Å². The predicted molar refractivity (Wildman–Crippen MR) is 127 cm³/mol. The molecular weight excluding hydrogens is 392 g/mol. The highest BCUT2D eigenvalue weighted by molar-refractivity contribution is 7.89. The van der Waals surface area contributed by atoms with E-state index in [-0.39, 0.29) is 6.04 Å². The standard InChI is InChI=1S/C25H44N2O2S/c1-3-5-6-7-8-9-10-11-12-13-14-15-24-22-26-20-21-27(24)30(28,29)25-18-16-23(4-2)17-19-25/h16-19,24,26H,3-15,20-22H2,1-2H3. The van der Waals surface area contributed by atoms with E-state index in [4.69, 9.17) is 0 Å². The van der Waals surface area contributed by atoms with Crippen LogP contribution in [-0.4, -0.2) is 38.4 Å². The van der Waals surface area contributed by atoms with Gasteiger partial charge in [-0.3, -0.25) is 0 Å². The number of hydrogen-bond acceptors (Lipinski definition) is 3. The maximum absolute atomic E-state index is 13.2. The summed E-state index contributed by atoms with van der Waals surface area (Å²) >= 11 is 0. The lowest BCUT2D eigenvalue weighted by Gasteiger charge is -2.35. The molecule has 1 unspecified atom stereocenters. The van der Waals surface area contributed by atoms with Gasteiger partial charge in [-0.05, 0) is 30.5 Å². The summed E-state index contributed by atoms with van der Waals surface area (Å²) < 4.78 is 28.1. The van der Waals surface area contributed by atoms with E-state index >= 15 is 0 Å². The van der Waals surface area contributed by atoms with Crippen molar-refractivity contribution in [3.05, 3.63) is 29.8 Å². The van der Waals surface area contributed by atoms with Crippen molar-refractivity contribution >= 4 is 10.0 Å². The first-order chi connectivity index (χ1) is 14.6. The molecule has 30 heavy (non-hydrogen) atoms. The topological polar surface area (TPSA) is 49.4 Å². The first-order valence-corrected chi connectivity index (χ1v) is 13.8. The smallest absolute Gasteiger partial charge is 0.243 e. The van der Waals surface area contributed by atoms with Crippen LogP contribution in [0.25, 0.3) is 0 Å². The Kier molecular flexibility index (Phi) is 12.0. The van der Waals surface area contributed by atoms with E-state index in [9.17, 15) is 8.42 Å². The molecule has 4 nitrogen and oxygen atoms in total. The molecule has 0 bridgehead atoms. The molecule has 1 fully saturated rings. The maximum Gasteiger partial charge on any atom is 0.243 e. The van der Waals surface area contributed by atoms with Gasteiger partial charge in [0.15, 0.2) is 0 Å². The molecule has 1 aliphatic rings. The van der Waals surface area contributed by atoms with E-state index in [0.29, 0.717) is 11.4 Å². The lowest BCUT2D eigenvalue weighted by Crippen LogP contribution is -2.53. The predicted octanol–water partition coefficient (Wildman–Crippen LogP) is 5.91. The summed E-state index contributed by atoms with van der Waals surface area (Å²) in [6.07, 6.45) is 16.4. The van der Waals surface area contributed by atoms with Crippen LogP contribution in [0.4, 0.5) is 0 Å². The van der Waals surface area contributed by atoms with Crippen LogP contribution in [0.15, 0.2) is 29.2 Å². The Morgan fingerprint density at radius 1 is 0.867 bits per heavy atom. The molecule has 1 N–H and O–H groups in total. The van der Waals surface area contributed by atoms with Crippen LogP contribution in [-0.2, 0) is 16.4 Å². The molecular formula is C25H44N2O2S. The zero-order valence-corrected chi connectivity index (χ0v) is 20.2. The molecule has 1 saturated heterocycles. The zero-order chi connectivity index (χ0) is 21.7. The van der Waals surface area contributed by atoms with E-state index in [0.717, 1.165) is 32.4 Å². The van der Waals surface area contributed by atoms with E-state index < -0.39 is 10.0 Å². The van der Waals surface area contributed by atoms with Crippen LogP contribution in [0, 0.1) is 0 Å². The molecule has 172 valence electrons. The van der Waals surface area contributed by atoms with Crippen LogP contribution in [0.1, 0.15) is 96.5 Å². The van der Waals surface area contributed by atoms with Gasteiger partial charge >= 0.3 is 0 Å². The van der Waals surface area contributed by atoms with Crippen molar-refractivity contribution in [2.45, 2.75) is 108 Å². The van der Waals surface area contributed by atoms with Crippen LogP contribution in [0.5, 0.6) is 0 Å². The Balaban J connectivity index is 1.71. The third-order valence-corrected chi connectivity index (χ3v) is 8.34. The van der Waals surface area contributed by atoms with Crippen molar-refractivity contribution in [1.82, 2.24) is 9.62 Å². The fraction of sp³-hybridized carbons (Fsp3) is 0.760. The molecule has 1 aromatic carbocycles. The molecule has 1 aromatic rings. The zero-order valence-electron chi connectivity index (χ0n) is 19.4. The number of sulfonamides is 1. The van der Waals surface area contributed by atoms with Gasteiger partial charge in [0.1, 0.15) is 0 Å². The Morgan fingerprint density at radius 3 is 2.00 bits per heavy atom. The van der Waals surface area contributed by atoms with Gasteiger partial charge < -0.3 is 5.32 Å². The first-order valence-electron chi connectivity index (χ1n) is 12.4. The Bertz CT molecular complexity index is 673. The van der Waals surface area contributed by atoms with Gasteiger partial charge in [-0.1, -0.05) is 96.6 Å². The van der Waals surface area contributed by atoms with E-state index in [1.165, 1.54) is 69.8 Å². The molecule has 0 saturated carbocycles. The van der Waals surface area contributed by atoms with E-state index in [1.54, 1.807) is 16.4 Å². The second-order valence-corrected chi connectivity index (χ2v) is 10.7. The van der Waals surface area contributed by atoms with Crippen molar-refractivity contribution in [3.63, 3.8) is 0 Å². The van der Waals surface area contributed by atoms with Crippen molar-refractivity contribution in [3.8, 4) is 0 Å². The summed E-state index contributed by atoms with van der Waals surface area (Å²) in [5, 5.41) is 3.39. The number of rotatable bonds is 15. The third-order valence-electron chi connectivity index (χ3n) is 6.38. The lowest BCUT2D eigenvalue weighted by atomic mass is 10.0. The minimum atomic E-state index is -3.41. The molecule has 0 aromatic heterocycles. The largest absolute Gasteiger partial charge is 0.314 e. The number of piperazine rings is 1. The Labute approximate surface area is 185 Å². The number of benzene rings is 1. The average Bonchev–Trinajstić information content (AvgIpc) is 2.77. The molecule has 0 radical (unpaired) electrons. The summed E-state index contributed by atoms with van der Waals surface area (Å²) in [7, 11) is -3.41. The molecule has 1 atom stereocenters. The number of aryl methyl sites for hydroxylation is 1.